The Morgan fingerprint density at radius 2 is 1.48 bits per heavy atom. The van der Waals surface area contributed by atoms with Crippen LogP contribution in [0.4, 0.5) is 0 Å². The van der Waals surface area contributed by atoms with Gasteiger partial charge in [-0.25, -0.2) is 0 Å². The molecule has 3 nitrogen and oxygen atoms in total. The number of hydrogen-bond donors (Lipinski definition) is 0. The first kappa shape index (κ1) is 15.7. The fourth-order valence-corrected chi connectivity index (χ4v) is 2.87. The van der Waals surface area contributed by atoms with Crippen LogP contribution in [0.5, 0.6) is 23.0 Å². The van der Waals surface area contributed by atoms with Crippen LogP contribution < -0.4 is 14.2 Å². The van der Waals surface area contributed by atoms with Crippen LogP contribution >= 0.6 is 15.9 Å². The first-order chi connectivity index (χ1) is 10.0. The molecule has 112 valence electrons. The number of rotatable bonds is 5. The monoisotopic (exact) mass is 350 g/mol. The molecule has 21 heavy (non-hydrogen) atoms. The Kier molecular flexibility index (Phi) is 5.12. The third-order valence-corrected chi connectivity index (χ3v) is 3.87. The number of hydrogen-bond acceptors (Lipinski definition) is 3. The molecule has 0 unspecified atom stereocenters. The predicted octanol–water partition coefficient (Wildman–Crippen LogP) is 5.38. The summed E-state index contributed by atoms with van der Waals surface area (Å²) in [5, 5.41) is 0. The molecule has 4 heteroatoms. The molecule has 0 aliphatic rings. The van der Waals surface area contributed by atoms with E-state index < -0.39 is 0 Å². The summed E-state index contributed by atoms with van der Waals surface area (Å²) in [6.07, 6.45) is 0. The fourth-order valence-electron chi connectivity index (χ4n) is 2.06. The molecule has 0 radical (unpaired) electrons. The van der Waals surface area contributed by atoms with Gasteiger partial charge in [0.15, 0.2) is 11.5 Å². The van der Waals surface area contributed by atoms with Crippen LogP contribution in [0.3, 0.4) is 0 Å². The molecule has 0 aliphatic heterocycles. The van der Waals surface area contributed by atoms with E-state index in [-0.39, 0.29) is 0 Å². The maximum atomic E-state index is 5.87. The number of benzene rings is 2. The summed E-state index contributed by atoms with van der Waals surface area (Å²) >= 11 is 3.59. The average molecular weight is 351 g/mol. The number of halogens is 1. The summed E-state index contributed by atoms with van der Waals surface area (Å²) in [5.41, 5.74) is 1.26. The third kappa shape index (κ3) is 3.70. The van der Waals surface area contributed by atoms with Gasteiger partial charge in [-0.2, -0.15) is 0 Å². The minimum absolute atomic E-state index is 0.467. The van der Waals surface area contributed by atoms with E-state index in [0.29, 0.717) is 23.2 Å². The van der Waals surface area contributed by atoms with Gasteiger partial charge in [0, 0.05) is 10.5 Å². The van der Waals surface area contributed by atoms with E-state index in [4.69, 9.17) is 14.2 Å². The normalized spacial score (nSPS) is 10.6. The van der Waals surface area contributed by atoms with Crippen LogP contribution in [0.15, 0.2) is 40.9 Å². The van der Waals surface area contributed by atoms with Crippen LogP contribution in [-0.2, 0) is 0 Å². The summed E-state index contributed by atoms with van der Waals surface area (Å²) in [7, 11) is 3.22. The lowest BCUT2D eigenvalue weighted by molar-refractivity contribution is 0.352. The van der Waals surface area contributed by atoms with Crippen molar-refractivity contribution in [3.63, 3.8) is 0 Å². The van der Waals surface area contributed by atoms with Gasteiger partial charge in [0.05, 0.1) is 14.2 Å². The Bertz CT molecular complexity index is 623. The molecule has 0 bridgehead atoms. The van der Waals surface area contributed by atoms with Gasteiger partial charge in [0.25, 0.3) is 0 Å². The molecular formula is C17H19BrO3. The Hall–Kier alpha value is -1.68. The molecule has 0 atom stereocenters. The van der Waals surface area contributed by atoms with E-state index in [1.807, 2.05) is 30.3 Å². The van der Waals surface area contributed by atoms with Crippen molar-refractivity contribution in [2.24, 2.45) is 0 Å². The van der Waals surface area contributed by atoms with E-state index in [0.717, 1.165) is 10.2 Å². The highest BCUT2D eigenvalue weighted by Gasteiger charge is 2.09. The molecule has 0 amide bonds. The summed E-state index contributed by atoms with van der Waals surface area (Å²) in [4.78, 5) is 0. The van der Waals surface area contributed by atoms with Crippen LogP contribution in [0.2, 0.25) is 0 Å². The quantitative estimate of drug-likeness (QED) is 0.724. The van der Waals surface area contributed by atoms with Gasteiger partial charge in [-0.1, -0.05) is 35.8 Å². The molecule has 0 saturated heterocycles. The van der Waals surface area contributed by atoms with E-state index in [2.05, 4.69) is 35.8 Å². The maximum Gasteiger partial charge on any atom is 0.164 e. The molecule has 0 fully saturated rings. The van der Waals surface area contributed by atoms with Crippen molar-refractivity contribution in [2.45, 2.75) is 19.8 Å². The van der Waals surface area contributed by atoms with E-state index in [9.17, 15) is 0 Å². The van der Waals surface area contributed by atoms with Gasteiger partial charge in [-0.3, -0.25) is 0 Å². The zero-order valence-electron chi connectivity index (χ0n) is 12.6. The van der Waals surface area contributed by atoms with Crippen LogP contribution in [0, 0.1) is 0 Å². The minimum Gasteiger partial charge on any atom is -0.493 e. The Labute approximate surface area is 134 Å². The molecular weight excluding hydrogens is 332 g/mol. The van der Waals surface area contributed by atoms with Crippen molar-refractivity contribution in [2.75, 3.05) is 14.2 Å². The number of methoxy groups -OCH3 is 2. The summed E-state index contributed by atoms with van der Waals surface area (Å²) < 4.78 is 17.4. The zero-order valence-corrected chi connectivity index (χ0v) is 14.2. The van der Waals surface area contributed by atoms with Crippen molar-refractivity contribution in [1.29, 1.82) is 0 Å². The lowest BCUT2D eigenvalue weighted by Crippen LogP contribution is -1.93. The summed E-state index contributed by atoms with van der Waals surface area (Å²) in [6, 6.07) is 11.5. The van der Waals surface area contributed by atoms with Crippen LogP contribution in [0.25, 0.3) is 0 Å². The van der Waals surface area contributed by atoms with E-state index in [1.165, 1.54) is 5.56 Å². The fraction of sp³-hybridized carbons (Fsp3) is 0.294. The Morgan fingerprint density at radius 1 is 0.857 bits per heavy atom. The van der Waals surface area contributed by atoms with Crippen LogP contribution in [-0.4, -0.2) is 14.2 Å². The van der Waals surface area contributed by atoms with Gasteiger partial charge in [-0.15, -0.1) is 0 Å². The first-order valence-corrected chi connectivity index (χ1v) is 7.53. The molecule has 0 saturated carbocycles. The highest BCUT2D eigenvalue weighted by Crippen LogP contribution is 2.35. The SMILES string of the molecule is COc1ccc(Oc2ccc(C(C)C)c(Br)c2)cc1OC. The standard InChI is InChI=1S/C17H19BrO3/c1-11(2)14-7-5-12(9-15(14)18)21-13-6-8-16(19-3)17(10-13)20-4/h5-11H,1-4H3. The molecule has 2 aromatic carbocycles. The molecule has 0 aromatic heterocycles. The summed E-state index contributed by atoms with van der Waals surface area (Å²) in [5.74, 6) is 3.28. The zero-order chi connectivity index (χ0) is 15.4. The second kappa shape index (κ2) is 6.85. The van der Waals surface area contributed by atoms with Gasteiger partial charge < -0.3 is 14.2 Å². The van der Waals surface area contributed by atoms with E-state index in [1.54, 1.807) is 14.2 Å². The van der Waals surface area contributed by atoms with Gasteiger partial charge in [-0.05, 0) is 35.7 Å². The first-order valence-electron chi connectivity index (χ1n) is 6.74. The molecule has 2 rings (SSSR count). The van der Waals surface area contributed by atoms with Gasteiger partial charge in [0.1, 0.15) is 11.5 Å². The minimum atomic E-state index is 0.467. The van der Waals surface area contributed by atoms with Gasteiger partial charge >= 0.3 is 0 Å². The number of ether oxygens (including phenoxy) is 3. The van der Waals surface area contributed by atoms with E-state index >= 15 is 0 Å². The molecule has 0 spiro atoms. The highest BCUT2D eigenvalue weighted by atomic mass is 79.9. The average Bonchev–Trinajstić information content (AvgIpc) is 2.46. The Balaban J connectivity index is 2.24. The lowest BCUT2D eigenvalue weighted by atomic mass is 10.0. The second-order valence-electron chi connectivity index (χ2n) is 4.96. The second-order valence-corrected chi connectivity index (χ2v) is 5.81. The highest BCUT2D eigenvalue weighted by molar-refractivity contribution is 9.10. The predicted molar refractivity (Wildman–Crippen MR) is 87.9 cm³/mol. The maximum absolute atomic E-state index is 5.87. The van der Waals surface area contributed by atoms with Crippen molar-refractivity contribution >= 4 is 15.9 Å². The van der Waals surface area contributed by atoms with Crippen LogP contribution in [0.1, 0.15) is 25.3 Å². The smallest absolute Gasteiger partial charge is 0.164 e. The third-order valence-electron chi connectivity index (χ3n) is 3.18. The van der Waals surface area contributed by atoms with Crippen molar-refractivity contribution < 1.29 is 14.2 Å². The van der Waals surface area contributed by atoms with Crippen molar-refractivity contribution in [3.8, 4) is 23.0 Å². The molecule has 0 aliphatic carbocycles. The van der Waals surface area contributed by atoms with Crippen molar-refractivity contribution in [3.05, 3.63) is 46.4 Å². The molecule has 0 N–H and O–H groups in total. The largest absolute Gasteiger partial charge is 0.493 e. The molecule has 2 aromatic rings. The van der Waals surface area contributed by atoms with Crippen molar-refractivity contribution in [1.82, 2.24) is 0 Å². The topological polar surface area (TPSA) is 27.7 Å². The Morgan fingerprint density at radius 3 is 2.05 bits per heavy atom. The molecule has 0 heterocycles. The summed E-state index contributed by atoms with van der Waals surface area (Å²) in [6.45, 7) is 4.32. The lowest BCUT2D eigenvalue weighted by Gasteiger charge is -2.13. The van der Waals surface area contributed by atoms with Gasteiger partial charge in [0.2, 0.25) is 0 Å².